The lowest BCUT2D eigenvalue weighted by atomic mass is 10.1. The highest BCUT2D eigenvalue weighted by atomic mass is 32.2. The first-order valence-electron chi connectivity index (χ1n) is 10.6. The second-order valence-electron chi connectivity index (χ2n) is 8.00. The number of thioether (sulfide) groups is 1. The molecule has 168 valence electrons. The highest BCUT2D eigenvalue weighted by molar-refractivity contribution is 7.98. The maximum absolute atomic E-state index is 13.6. The number of nitrogens with zero attached hydrogens (tertiary/aromatic N) is 6. The normalized spacial score (nSPS) is 11.7. The number of hydrogen-bond acceptors (Lipinski definition) is 7. The lowest BCUT2D eigenvalue weighted by Gasteiger charge is -2.14. The number of aromatic nitrogens is 6. The second kappa shape index (κ2) is 7.93. The molecule has 0 aliphatic carbocycles. The molecule has 0 saturated heterocycles. The monoisotopic (exact) mass is 486 g/mol. The number of para-hydroxylation sites is 1. The summed E-state index contributed by atoms with van der Waals surface area (Å²) in [7, 11) is 0. The van der Waals surface area contributed by atoms with E-state index in [9.17, 15) is 9.59 Å². The molecule has 8 nitrogen and oxygen atoms in total. The van der Waals surface area contributed by atoms with E-state index in [-0.39, 0.29) is 11.1 Å². The molecule has 0 saturated carbocycles. The molecule has 0 unspecified atom stereocenters. The zero-order chi connectivity index (χ0) is 23.4. The van der Waals surface area contributed by atoms with Crippen LogP contribution < -0.4 is 11.1 Å². The molecule has 0 fully saturated rings. The topological polar surface area (TPSA) is 86.6 Å². The molecule has 6 aromatic rings. The average Bonchev–Trinajstić information content (AvgIpc) is 3.48. The van der Waals surface area contributed by atoms with Gasteiger partial charge in [-0.15, -0.1) is 21.5 Å². The molecule has 0 atom stereocenters. The first kappa shape index (κ1) is 20.8. The maximum atomic E-state index is 13.6. The van der Waals surface area contributed by atoms with Crippen LogP contribution in [0.15, 0.2) is 74.9 Å². The van der Waals surface area contributed by atoms with Crippen molar-refractivity contribution in [2.75, 3.05) is 0 Å². The van der Waals surface area contributed by atoms with E-state index in [2.05, 4.69) is 15.2 Å². The fourth-order valence-electron chi connectivity index (χ4n) is 4.05. The summed E-state index contributed by atoms with van der Waals surface area (Å²) in [6.45, 7) is 3.97. The van der Waals surface area contributed by atoms with Crippen LogP contribution in [0.5, 0.6) is 0 Å². The van der Waals surface area contributed by atoms with Gasteiger partial charge >= 0.3 is 0 Å². The number of thiazole rings is 1. The minimum atomic E-state index is -0.140. The third-order valence-corrected chi connectivity index (χ3v) is 7.42. The summed E-state index contributed by atoms with van der Waals surface area (Å²) >= 11 is 2.85. The molecule has 0 aliphatic heterocycles. The van der Waals surface area contributed by atoms with Gasteiger partial charge in [0.05, 0.1) is 22.3 Å². The van der Waals surface area contributed by atoms with E-state index in [1.54, 1.807) is 16.8 Å². The van der Waals surface area contributed by atoms with Crippen molar-refractivity contribution < 1.29 is 0 Å². The summed E-state index contributed by atoms with van der Waals surface area (Å²) in [5.41, 5.74) is 3.95. The largest absolute Gasteiger partial charge is 0.269 e. The molecule has 0 bridgehead atoms. The third-order valence-electron chi connectivity index (χ3n) is 5.71. The van der Waals surface area contributed by atoms with E-state index in [1.165, 1.54) is 27.5 Å². The number of benzene rings is 2. The van der Waals surface area contributed by atoms with Crippen LogP contribution >= 0.6 is 23.1 Å². The van der Waals surface area contributed by atoms with Gasteiger partial charge in [-0.2, -0.15) is 0 Å². The van der Waals surface area contributed by atoms with Crippen LogP contribution in [0.25, 0.3) is 27.3 Å². The molecule has 2 aromatic carbocycles. The molecule has 34 heavy (non-hydrogen) atoms. The van der Waals surface area contributed by atoms with Crippen LogP contribution in [-0.2, 0) is 5.75 Å². The van der Waals surface area contributed by atoms with Gasteiger partial charge in [0.15, 0.2) is 10.1 Å². The summed E-state index contributed by atoms with van der Waals surface area (Å²) in [6.07, 6.45) is 1.72. The summed E-state index contributed by atoms with van der Waals surface area (Å²) < 4.78 is 5.06. The second-order valence-corrected chi connectivity index (χ2v) is 9.81. The standard InChI is InChI=1S/C24H18N6O2S2/c1-14-7-8-15(2)19(11-14)29-21(32)17-5-3-4-6-18(17)30-22(29)26-27-24(30)34-13-16-12-20(31)28-9-10-33-23(28)25-16/h3-12H,13H2,1-2H3. The first-order chi connectivity index (χ1) is 16.5. The minimum absolute atomic E-state index is 0.109. The van der Waals surface area contributed by atoms with Gasteiger partial charge in [0.25, 0.3) is 11.1 Å². The Hall–Kier alpha value is -3.76. The number of rotatable bonds is 4. The van der Waals surface area contributed by atoms with Gasteiger partial charge in [0.1, 0.15) is 0 Å². The quantitative estimate of drug-likeness (QED) is 0.350. The molecule has 4 aromatic heterocycles. The van der Waals surface area contributed by atoms with Crippen LogP contribution in [0.1, 0.15) is 16.8 Å². The van der Waals surface area contributed by atoms with E-state index in [0.29, 0.717) is 32.7 Å². The maximum Gasteiger partial charge on any atom is 0.267 e. The van der Waals surface area contributed by atoms with Crippen LogP contribution in [0.4, 0.5) is 0 Å². The Balaban J connectivity index is 1.54. The Morgan fingerprint density at radius 2 is 1.88 bits per heavy atom. The summed E-state index contributed by atoms with van der Waals surface area (Å²) in [5.74, 6) is 0.892. The van der Waals surface area contributed by atoms with Crippen molar-refractivity contribution in [1.82, 2.24) is 28.5 Å². The van der Waals surface area contributed by atoms with Crippen molar-refractivity contribution in [3.63, 3.8) is 0 Å². The fourth-order valence-corrected chi connectivity index (χ4v) is 5.62. The zero-order valence-electron chi connectivity index (χ0n) is 18.3. The lowest BCUT2D eigenvalue weighted by Crippen LogP contribution is -2.22. The van der Waals surface area contributed by atoms with Crippen molar-refractivity contribution in [3.05, 3.63) is 97.6 Å². The van der Waals surface area contributed by atoms with Crippen LogP contribution in [0.3, 0.4) is 0 Å². The van der Waals surface area contributed by atoms with Gasteiger partial charge < -0.3 is 0 Å². The first-order valence-corrected chi connectivity index (χ1v) is 12.4. The smallest absolute Gasteiger partial charge is 0.267 e. The van der Waals surface area contributed by atoms with Gasteiger partial charge in [0.2, 0.25) is 5.78 Å². The van der Waals surface area contributed by atoms with Crippen LogP contribution in [0.2, 0.25) is 0 Å². The number of fused-ring (bicyclic) bond motifs is 4. The Bertz CT molecular complexity index is 1850. The van der Waals surface area contributed by atoms with Crippen molar-refractivity contribution in [3.8, 4) is 5.69 Å². The van der Waals surface area contributed by atoms with Crippen LogP contribution in [-0.4, -0.2) is 28.5 Å². The zero-order valence-corrected chi connectivity index (χ0v) is 19.9. The lowest BCUT2D eigenvalue weighted by molar-refractivity contribution is 0.926. The van der Waals surface area contributed by atoms with Gasteiger partial charge in [-0.05, 0) is 43.2 Å². The van der Waals surface area contributed by atoms with Crippen molar-refractivity contribution in [2.24, 2.45) is 0 Å². The Kier molecular flexibility index (Phi) is 4.85. The van der Waals surface area contributed by atoms with Gasteiger partial charge in [-0.1, -0.05) is 36.0 Å². The van der Waals surface area contributed by atoms with Crippen molar-refractivity contribution in [2.45, 2.75) is 24.8 Å². The molecular weight excluding hydrogens is 468 g/mol. The Morgan fingerprint density at radius 3 is 2.76 bits per heavy atom. The minimum Gasteiger partial charge on any atom is -0.269 e. The van der Waals surface area contributed by atoms with Crippen LogP contribution in [0, 0.1) is 13.8 Å². The fraction of sp³-hybridized carbons (Fsp3) is 0.125. The van der Waals surface area contributed by atoms with Crippen molar-refractivity contribution in [1.29, 1.82) is 0 Å². The third kappa shape index (κ3) is 3.25. The predicted molar refractivity (Wildman–Crippen MR) is 134 cm³/mol. The number of hydrogen-bond donors (Lipinski definition) is 0. The molecule has 0 spiro atoms. The van der Waals surface area contributed by atoms with Crippen molar-refractivity contribution >= 4 is 44.7 Å². The molecule has 4 heterocycles. The van der Waals surface area contributed by atoms with E-state index < -0.39 is 0 Å². The summed E-state index contributed by atoms with van der Waals surface area (Å²) in [5, 5.41) is 11.9. The summed E-state index contributed by atoms with van der Waals surface area (Å²) in [6, 6.07) is 15.0. The SMILES string of the molecule is Cc1ccc(C)c(-n2c(=O)c3ccccc3n3c(SCc4cc(=O)n5ccsc5n4)nnc23)c1. The molecular formula is C24H18N6O2S2. The highest BCUT2D eigenvalue weighted by Crippen LogP contribution is 2.26. The molecule has 0 radical (unpaired) electrons. The highest BCUT2D eigenvalue weighted by Gasteiger charge is 2.19. The van der Waals surface area contributed by atoms with Gasteiger partial charge in [-0.25, -0.2) is 9.55 Å². The Labute approximate surface area is 201 Å². The average molecular weight is 487 g/mol. The van der Waals surface area contributed by atoms with E-state index >= 15 is 0 Å². The van der Waals surface area contributed by atoms with E-state index in [0.717, 1.165) is 22.3 Å². The molecule has 6 rings (SSSR count). The molecule has 10 heteroatoms. The molecule has 0 amide bonds. The number of aryl methyl sites for hydroxylation is 2. The van der Waals surface area contributed by atoms with Gasteiger partial charge in [-0.3, -0.25) is 18.4 Å². The van der Waals surface area contributed by atoms with E-state index in [4.69, 9.17) is 0 Å². The van der Waals surface area contributed by atoms with E-state index in [1.807, 2.05) is 66.1 Å². The summed E-state index contributed by atoms with van der Waals surface area (Å²) in [4.78, 5) is 31.2. The Morgan fingerprint density at radius 1 is 1.03 bits per heavy atom. The predicted octanol–water partition coefficient (Wildman–Crippen LogP) is 4.01. The molecule has 0 N–H and O–H groups in total. The van der Waals surface area contributed by atoms with Gasteiger partial charge in [0, 0.05) is 23.4 Å². The molecule has 0 aliphatic rings.